The first-order chi connectivity index (χ1) is 18.9. The summed E-state index contributed by atoms with van der Waals surface area (Å²) in [5.41, 5.74) is 4.60. The smallest absolute Gasteiger partial charge is 0.411 e. The van der Waals surface area contributed by atoms with E-state index < -0.39 is 12.2 Å². The third kappa shape index (κ3) is 4.49. The minimum Gasteiger partial charge on any atom is -0.484 e. The van der Waals surface area contributed by atoms with Gasteiger partial charge in [-0.05, 0) is 42.8 Å². The summed E-state index contributed by atoms with van der Waals surface area (Å²) >= 11 is 1.46. The van der Waals surface area contributed by atoms with Crippen molar-refractivity contribution in [1.29, 1.82) is 5.26 Å². The average molecular weight is 541 g/mol. The van der Waals surface area contributed by atoms with Crippen molar-refractivity contribution in [2.24, 2.45) is 0 Å². The Morgan fingerprint density at radius 3 is 2.90 bits per heavy atom. The normalized spacial score (nSPS) is 14.2. The van der Waals surface area contributed by atoms with Crippen LogP contribution in [0.3, 0.4) is 0 Å². The van der Waals surface area contributed by atoms with Crippen molar-refractivity contribution in [1.82, 2.24) is 19.9 Å². The second-order valence-corrected chi connectivity index (χ2v) is 9.84. The molecule has 5 aromatic rings. The molecule has 4 heterocycles. The highest BCUT2D eigenvalue weighted by Gasteiger charge is 2.29. The first-order valence-corrected chi connectivity index (χ1v) is 12.7. The molecule has 1 amide bonds. The van der Waals surface area contributed by atoms with E-state index >= 15 is 0 Å². The molecule has 39 heavy (non-hydrogen) atoms. The molecule has 6 rings (SSSR count). The molecule has 0 saturated carbocycles. The number of methoxy groups -OCH3 is 1. The lowest BCUT2D eigenvalue weighted by Crippen LogP contribution is -2.43. The number of hydrogen-bond donors (Lipinski definition) is 1. The van der Waals surface area contributed by atoms with E-state index in [0.717, 1.165) is 36.8 Å². The number of rotatable bonds is 5. The summed E-state index contributed by atoms with van der Waals surface area (Å²) < 4.78 is 18.3. The number of ether oxygens (including phenoxy) is 3. The fourth-order valence-electron chi connectivity index (χ4n) is 4.42. The van der Waals surface area contributed by atoms with Gasteiger partial charge in [0.2, 0.25) is 5.88 Å². The van der Waals surface area contributed by atoms with Crippen molar-refractivity contribution in [3.8, 4) is 34.0 Å². The fraction of sp³-hybridized carbons (Fsp3) is 0.185. The van der Waals surface area contributed by atoms with E-state index in [1.54, 1.807) is 19.4 Å². The highest BCUT2D eigenvalue weighted by atomic mass is 32.1. The van der Waals surface area contributed by atoms with E-state index in [9.17, 15) is 9.90 Å². The molecular formula is C27H20N6O5S. The number of carbonyl (C=O) groups is 1. The summed E-state index contributed by atoms with van der Waals surface area (Å²) in [6, 6.07) is 11.0. The van der Waals surface area contributed by atoms with Crippen LogP contribution in [0.15, 0.2) is 48.9 Å². The Bertz CT molecular complexity index is 1800. The van der Waals surface area contributed by atoms with Crippen LogP contribution in [0.1, 0.15) is 11.1 Å². The summed E-state index contributed by atoms with van der Waals surface area (Å²) in [5, 5.41) is 19.7. The van der Waals surface area contributed by atoms with E-state index in [-0.39, 0.29) is 24.4 Å². The Kier molecular flexibility index (Phi) is 6.05. The molecule has 11 nitrogen and oxygen atoms in total. The lowest BCUT2D eigenvalue weighted by Gasteiger charge is -2.30. The summed E-state index contributed by atoms with van der Waals surface area (Å²) in [4.78, 5) is 31.0. The van der Waals surface area contributed by atoms with Crippen LogP contribution < -0.4 is 19.1 Å². The van der Waals surface area contributed by atoms with Gasteiger partial charge in [-0.25, -0.2) is 19.7 Å². The number of anilines is 1. The van der Waals surface area contributed by atoms with Crippen molar-refractivity contribution < 1.29 is 24.1 Å². The molecule has 1 aliphatic rings. The molecule has 0 fully saturated rings. The van der Waals surface area contributed by atoms with Crippen LogP contribution >= 0.6 is 11.3 Å². The molecular weight excluding hydrogens is 520 g/mol. The highest BCUT2D eigenvalue weighted by Crippen LogP contribution is 2.44. The topological polar surface area (TPSA) is 144 Å². The zero-order valence-corrected chi connectivity index (χ0v) is 21.6. The van der Waals surface area contributed by atoms with Crippen LogP contribution in [0.2, 0.25) is 0 Å². The Hall–Kier alpha value is -5.02. The van der Waals surface area contributed by atoms with Gasteiger partial charge in [0.25, 0.3) is 0 Å². The summed E-state index contributed by atoms with van der Waals surface area (Å²) in [6.45, 7) is 2.12. The quantitative estimate of drug-likeness (QED) is 0.330. The molecule has 0 bridgehead atoms. The van der Waals surface area contributed by atoms with Crippen molar-refractivity contribution in [2.75, 3.05) is 25.2 Å². The lowest BCUT2D eigenvalue weighted by molar-refractivity contribution is 0.0962. The number of carboxylic acid groups (broad SMARTS) is 1. The average Bonchev–Trinajstić information content (AvgIpc) is 3.39. The number of hydrogen-bond acceptors (Lipinski definition) is 10. The van der Waals surface area contributed by atoms with Gasteiger partial charge in [0, 0.05) is 11.8 Å². The van der Waals surface area contributed by atoms with E-state index in [1.165, 1.54) is 29.8 Å². The summed E-state index contributed by atoms with van der Waals surface area (Å²) in [5.74, 6) is 1.50. The van der Waals surface area contributed by atoms with Crippen LogP contribution in [-0.4, -0.2) is 57.5 Å². The Labute approximate surface area is 225 Å². The van der Waals surface area contributed by atoms with E-state index in [4.69, 9.17) is 24.5 Å². The minimum atomic E-state index is -1.19. The Balaban J connectivity index is 1.31. The molecule has 1 N–H and O–H groups in total. The SMILES string of the molecule is COc1cnc2c(-c3nc4ccc5c(c4s3)OC[C@@H](CN(C(=O)O)c3cncc(C#N)c3)O5)cc(C)cc2n1. The van der Waals surface area contributed by atoms with Gasteiger partial charge in [0.15, 0.2) is 17.6 Å². The zero-order chi connectivity index (χ0) is 27.1. The number of benzene rings is 2. The molecule has 0 aliphatic carbocycles. The van der Waals surface area contributed by atoms with Gasteiger partial charge in [-0.3, -0.25) is 9.88 Å². The number of nitrogens with zero attached hydrogens (tertiary/aromatic N) is 6. The van der Waals surface area contributed by atoms with Crippen molar-refractivity contribution in [2.45, 2.75) is 13.0 Å². The molecule has 1 atom stereocenters. The highest BCUT2D eigenvalue weighted by molar-refractivity contribution is 7.22. The molecule has 2 aromatic carbocycles. The zero-order valence-electron chi connectivity index (χ0n) is 20.8. The summed E-state index contributed by atoms with van der Waals surface area (Å²) in [7, 11) is 1.55. The molecule has 0 spiro atoms. The standard InChI is InChI=1S/C27H20N6O5S/c1-14-5-18(23-20(6-14)31-22(36-2)11-30-23)26-32-19-3-4-21-24(25(19)39-26)37-13-17(38-21)12-33(27(34)35)16-7-15(8-28)9-29-10-16/h3-7,9-11,17H,12-13H2,1-2H3,(H,34,35)/t17-/m1/s1. The Morgan fingerprint density at radius 1 is 1.23 bits per heavy atom. The van der Waals surface area contributed by atoms with Gasteiger partial charge in [0.05, 0.1) is 53.8 Å². The number of thiazole rings is 1. The van der Waals surface area contributed by atoms with Crippen LogP contribution in [0.25, 0.3) is 31.8 Å². The van der Waals surface area contributed by atoms with Crippen molar-refractivity contribution in [3.05, 3.63) is 60.0 Å². The Morgan fingerprint density at radius 2 is 2.10 bits per heavy atom. The number of aryl methyl sites for hydroxylation is 1. The fourth-order valence-corrected chi connectivity index (χ4v) is 5.49. The number of fused-ring (bicyclic) bond motifs is 4. The lowest BCUT2D eigenvalue weighted by atomic mass is 10.1. The monoisotopic (exact) mass is 540 g/mol. The predicted molar refractivity (Wildman–Crippen MR) is 144 cm³/mol. The second-order valence-electron chi connectivity index (χ2n) is 8.84. The van der Waals surface area contributed by atoms with Gasteiger partial charge < -0.3 is 19.3 Å². The maximum Gasteiger partial charge on any atom is 0.411 e. The predicted octanol–water partition coefficient (Wildman–Crippen LogP) is 4.81. The molecule has 0 radical (unpaired) electrons. The van der Waals surface area contributed by atoms with E-state index in [0.29, 0.717) is 22.9 Å². The molecule has 1 aliphatic heterocycles. The molecule has 3 aromatic heterocycles. The van der Waals surface area contributed by atoms with Gasteiger partial charge in [0.1, 0.15) is 22.4 Å². The molecule has 0 unspecified atom stereocenters. The first-order valence-electron chi connectivity index (χ1n) is 11.8. The number of amides is 1. The third-order valence-corrected chi connectivity index (χ3v) is 7.28. The van der Waals surface area contributed by atoms with Crippen LogP contribution in [0, 0.1) is 18.3 Å². The van der Waals surface area contributed by atoms with E-state index in [2.05, 4.69) is 15.0 Å². The molecule has 0 saturated heterocycles. The van der Waals surface area contributed by atoms with Gasteiger partial charge in [-0.15, -0.1) is 11.3 Å². The van der Waals surface area contributed by atoms with Crippen LogP contribution in [-0.2, 0) is 0 Å². The van der Waals surface area contributed by atoms with Crippen molar-refractivity contribution >= 4 is 44.4 Å². The molecule has 12 heteroatoms. The van der Waals surface area contributed by atoms with Gasteiger partial charge in [-0.2, -0.15) is 5.26 Å². The third-order valence-electron chi connectivity index (χ3n) is 6.17. The number of pyridine rings is 1. The first kappa shape index (κ1) is 24.3. The van der Waals surface area contributed by atoms with Gasteiger partial charge in [-0.1, -0.05) is 0 Å². The van der Waals surface area contributed by atoms with Crippen LogP contribution in [0.5, 0.6) is 17.4 Å². The maximum atomic E-state index is 12.0. The number of aromatic nitrogens is 4. The molecule has 194 valence electrons. The maximum absolute atomic E-state index is 12.0. The summed E-state index contributed by atoms with van der Waals surface area (Å²) in [6.07, 6.45) is 2.59. The minimum absolute atomic E-state index is 0.00523. The van der Waals surface area contributed by atoms with Crippen molar-refractivity contribution in [3.63, 3.8) is 0 Å². The largest absolute Gasteiger partial charge is 0.484 e. The van der Waals surface area contributed by atoms with E-state index in [1.807, 2.05) is 31.2 Å². The van der Waals surface area contributed by atoms with Crippen LogP contribution in [0.4, 0.5) is 10.5 Å². The second kappa shape index (κ2) is 9.70. The number of nitriles is 1. The van der Waals surface area contributed by atoms with Gasteiger partial charge >= 0.3 is 6.09 Å².